The van der Waals surface area contributed by atoms with Gasteiger partial charge in [-0.3, -0.25) is 19.8 Å². The smallest absolute Gasteiger partial charge is 0.414 e. The SMILES string of the molecule is O=C(O)C(=O)O.O=C(c1ccccc1F)N1CCN(Cc2cccc([N+](=O)[O-])c2)CC1. The van der Waals surface area contributed by atoms with Crippen LogP contribution in [-0.2, 0) is 16.1 Å². The average molecular weight is 433 g/mol. The number of carboxylic acids is 2. The molecule has 0 aliphatic carbocycles. The molecule has 0 bridgehead atoms. The van der Waals surface area contributed by atoms with E-state index in [1.54, 1.807) is 29.2 Å². The van der Waals surface area contributed by atoms with Crippen molar-refractivity contribution < 1.29 is 33.9 Å². The van der Waals surface area contributed by atoms with Crippen LogP contribution >= 0.6 is 0 Å². The minimum atomic E-state index is -1.82. The molecule has 1 aliphatic heterocycles. The minimum Gasteiger partial charge on any atom is -0.473 e. The lowest BCUT2D eigenvalue weighted by Gasteiger charge is -2.34. The summed E-state index contributed by atoms with van der Waals surface area (Å²) in [7, 11) is 0. The molecule has 0 atom stereocenters. The van der Waals surface area contributed by atoms with Crippen LogP contribution in [0.1, 0.15) is 15.9 Å². The van der Waals surface area contributed by atoms with Crippen molar-refractivity contribution in [1.29, 1.82) is 0 Å². The zero-order valence-electron chi connectivity index (χ0n) is 16.3. The normalized spacial score (nSPS) is 13.6. The average Bonchev–Trinajstić information content (AvgIpc) is 2.75. The van der Waals surface area contributed by atoms with E-state index in [1.165, 1.54) is 18.2 Å². The van der Waals surface area contributed by atoms with E-state index in [4.69, 9.17) is 19.8 Å². The number of halogens is 1. The second-order valence-corrected chi connectivity index (χ2v) is 6.59. The molecule has 3 rings (SSSR count). The first-order valence-corrected chi connectivity index (χ1v) is 9.14. The predicted molar refractivity (Wildman–Crippen MR) is 106 cm³/mol. The molecule has 2 aromatic carbocycles. The number of amides is 1. The predicted octanol–water partition coefficient (Wildman–Crippen LogP) is 1.85. The Balaban J connectivity index is 0.000000501. The number of non-ortho nitro benzene ring substituents is 1. The number of carbonyl (C=O) groups excluding carboxylic acids is 1. The van der Waals surface area contributed by atoms with Gasteiger partial charge in [0.05, 0.1) is 10.5 Å². The van der Waals surface area contributed by atoms with Crippen LogP contribution in [0.15, 0.2) is 48.5 Å². The number of nitro benzene ring substituents is 1. The number of piperazine rings is 1. The number of hydrogen-bond acceptors (Lipinski definition) is 6. The Bertz CT molecular complexity index is 963. The van der Waals surface area contributed by atoms with Crippen molar-refractivity contribution in [2.75, 3.05) is 26.2 Å². The van der Waals surface area contributed by atoms with E-state index in [9.17, 15) is 19.3 Å². The number of nitro groups is 1. The summed E-state index contributed by atoms with van der Waals surface area (Å²) in [5, 5.41) is 25.6. The summed E-state index contributed by atoms with van der Waals surface area (Å²) >= 11 is 0. The van der Waals surface area contributed by atoms with Crippen LogP contribution in [0, 0.1) is 15.9 Å². The number of aliphatic carboxylic acids is 2. The van der Waals surface area contributed by atoms with Crippen LogP contribution in [0.4, 0.5) is 10.1 Å². The number of nitrogens with zero attached hydrogens (tertiary/aromatic N) is 3. The molecule has 0 spiro atoms. The maximum atomic E-state index is 13.7. The molecule has 0 saturated carbocycles. The van der Waals surface area contributed by atoms with Gasteiger partial charge in [0, 0.05) is 44.9 Å². The summed E-state index contributed by atoms with van der Waals surface area (Å²) in [4.78, 5) is 44.8. The quantitative estimate of drug-likeness (QED) is 0.423. The molecule has 0 unspecified atom stereocenters. The summed E-state index contributed by atoms with van der Waals surface area (Å²) in [6.45, 7) is 2.87. The molecule has 0 aromatic heterocycles. The zero-order chi connectivity index (χ0) is 23.0. The minimum absolute atomic E-state index is 0.0749. The van der Waals surface area contributed by atoms with E-state index in [2.05, 4.69) is 4.90 Å². The van der Waals surface area contributed by atoms with Crippen LogP contribution < -0.4 is 0 Å². The van der Waals surface area contributed by atoms with E-state index >= 15 is 0 Å². The molecule has 1 saturated heterocycles. The molecule has 31 heavy (non-hydrogen) atoms. The van der Waals surface area contributed by atoms with E-state index in [0.717, 1.165) is 5.56 Å². The van der Waals surface area contributed by atoms with E-state index in [0.29, 0.717) is 32.7 Å². The first-order chi connectivity index (χ1) is 14.7. The third-order valence-corrected chi connectivity index (χ3v) is 4.47. The molecule has 0 radical (unpaired) electrons. The van der Waals surface area contributed by atoms with Crippen LogP contribution in [0.25, 0.3) is 0 Å². The molecule has 1 fully saturated rings. The molecule has 11 heteroatoms. The number of hydrogen-bond donors (Lipinski definition) is 2. The van der Waals surface area contributed by atoms with Gasteiger partial charge in [0.25, 0.3) is 11.6 Å². The van der Waals surface area contributed by atoms with Crippen molar-refractivity contribution in [2.45, 2.75) is 6.54 Å². The highest BCUT2D eigenvalue weighted by Gasteiger charge is 2.24. The van der Waals surface area contributed by atoms with Crippen molar-refractivity contribution in [3.05, 3.63) is 75.6 Å². The van der Waals surface area contributed by atoms with Crippen molar-refractivity contribution in [3.63, 3.8) is 0 Å². The van der Waals surface area contributed by atoms with Gasteiger partial charge < -0.3 is 15.1 Å². The summed E-state index contributed by atoms with van der Waals surface area (Å²) in [5.74, 6) is -4.45. The molecule has 164 valence electrons. The second-order valence-electron chi connectivity index (χ2n) is 6.59. The van der Waals surface area contributed by atoms with Crippen LogP contribution in [-0.4, -0.2) is 69.0 Å². The van der Waals surface area contributed by atoms with Crippen LogP contribution in [0.5, 0.6) is 0 Å². The molecule has 1 aliphatic rings. The summed E-state index contributed by atoms with van der Waals surface area (Å²) in [5.41, 5.74) is 1.03. The van der Waals surface area contributed by atoms with Gasteiger partial charge >= 0.3 is 11.9 Å². The maximum absolute atomic E-state index is 13.7. The topological polar surface area (TPSA) is 141 Å². The van der Waals surface area contributed by atoms with Gasteiger partial charge in [-0.15, -0.1) is 0 Å². The van der Waals surface area contributed by atoms with Crippen LogP contribution in [0.2, 0.25) is 0 Å². The molecule has 2 aromatic rings. The lowest BCUT2D eigenvalue weighted by Crippen LogP contribution is -2.48. The monoisotopic (exact) mass is 433 g/mol. The number of rotatable bonds is 4. The summed E-state index contributed by atoms with van der Waals surface area (Å²) in [6, 6.07) is 12.5. The first-order valence-electron chi connectivity index (χ1n) is 9.14. The number of carboxylic acid groups (broad SMARTS) is 2. The van der Waals surface area contributed by atoms with Crippen molar-refractivity contribution in [1.82, 2.24) is 9.80 Å². The first kappa shape index (κ1) is 23.4. The third-order valence-electron chi connectivity index (χ3n) is 4.47. The summed E-state index contributed by atoms with van der Waals surface area (Å²) in [6.07, 6.45) is 0. The Morgan fingerprint density at radius 2 is 1.58 bits per heavy atom. The fourth-order valence-corrected chi connectivity index (χ4v) is 2.94. The van der Waals surface area contributed by atoms with Gasteiger partial charge in [-0.25, -0.2) is 14.0 Å². The molecular formula is C20H20FN3O7. The number of benzene rings is 2. The maximum Gasteiger partial charge on any atom is 0.414 e. The molecule has 1 heterocycles. The van der Waals surface area contributed by atoms with Crippen LogP contribution in [0.3, 0.4) is 0 Å². The highest BCUT2D eigenvalue weighted by Crippen LogP contribution is 2.17. The van der Waals surface area contributed by atoms with E-state index in [-0.39, 0.29) is 17.2 Å². The van der Waals surface area contributed by atoms with Gasteiger partial charge in [0.2, 0.25) is 0 Å². The third kappa shape index (κ3) is 6.85. The van der Waals surface area contributed by atoms with Gasteiger partial charge in [-0.2, -0.15) is 0 Å². The van der Waals surface area contributed by atoms with Gasteiger partial charge in [0.15, 0.2) is 0 Å². The Morgan fingerprint density at radius 1 is 0.968 bits per heavy atom. The molecule has 2 N–H and O–H groups in total. The Hall–Kier alpha value is -3.86. The highest BCUT2D eigenvalue weighted by molar-refractivity contribution is 6.27. The zero-order valence-corrected chi connectivity index (χ0v) is 16.3. The van der Waals surface area contributed by atoms with E-state index < -0.39 is 22.7 Å². The van der Waals surface area contributed by atoms with E-state index in [1.807, 2.05) is 6.07 Å². The van der Waals surface area contributed by atoms with Crippen molar-refractivity contribution in [3.8, 4) is 0 Å². The summed E-state index contributed by atoms with van der Waals surface area (Å²) < 4.78 is 13.7. The van der Waals surface area contributed by atoms with Crippen molar-refractivity contribution >= 4 is 23.5 Å². The lowest BCUT2D eigenvalue weighted by molar-refractivity contribution is -0.384. The highest BCUT2D eigenvalue weighted by atomic mass is 19.1. The molecule has 1 amide bonds. The van der Waals surface area contributed by atoms with Gasteiger partial charge in [-0.05, 0) is 17.7 Å². The standard InChI is InChI=1S/C18H18FN3O3.C2H2O4/c19-17-7-2-1-6-16(17)18(23)21-10-8-20(9-11-21)13-14-4-3-5-15(12-14)22(24)25;3-1(4)2(5)6/h1-7,12H,8-11,13H2;(H,3,4)(H,5,6). The van der Waals surface area contributed by atoms with Crippen molar-refractivity contribution in [2.24, 2.45) is 0 Å². The molecule has 10 nitrogen and oxygen atoms in total. The van der Waals surface area contributed by atoms with Gasteiger partial charge in [0.1, 0.15) is 5.82 Å². The Kier molecular flexibility index (Phi) is 8.15. The molecular weight excluding hydrogens is 413 g/mol. The fourth-order valence-electron chi connectivity index (χ4n) is 2.94. The lowest BCUT2D eigenvalue weighted by atomic mass is 10.1. The van der Waals surface area contributed by atoms with Gasteiger partial charge in [-0.1, -0.05) is 24.3 Å². The largest absolute Gasteiger partial charge is 0.473 e. The number of carbonyl (C=O) groups is 3. The second kappa shape index (κ2) is 10.8. The Labute approximate surface area is 176 Å². The Morgan fingerprint density at radius 3 is 2.13 bits per heavy atom. The fraction of sp³-hybridized carbons (Fsp3) is 0.250.